The molecule has 7 nitrogen and oxygen atoms in total. The first-order valence-corrected chi connectivity index (χ1v) is 12.1. The monoisotopic (exact) mass is 517 g/mol. The number of fused-ring (bicyclic) bond motifs is 1. The normalized spacial score (nSPS) is 17.2. The minimum absolute atomic E-state index is 0.0627. The standard InChI is InChI=1S/C27H30F3N3O4/c1-33(2)12-6-9-18-13-20(17-7-4-5-8-17)24(35-3)15-21(18)32-26(34)25-16-31-22-14-19(37-27(28,29)30)10-11-23(22)36-25/h10-11,13-15,17,25,31H,4-5,7-8,12,16H2,1-3H3,(H,32,34). The van der Waals surface area contributed by atoms with Crippen molar-refractivity contribution in [1.29, 1.82) is 0 Å². The molecule has 37 heavy (non-hydrogen) atoms. The lowest BCUT2D eigenvalue weighted by molar-refractivity contribution is -0.274. The number of hydrogen-bond acceptors (Lipinski definition) is 6. The second-order valence-electron chi connectivity index (χ2n) is 9.34. The lowest BCUT2D eigenvalue weighted by atomic mass is 9.94. The van der Waals surface area contributed by atoms with Gasteiger partial charge < -0.3 is 24.8 Å². The van der Waals surface area contributed by atoms with E-state index in [1.807, 2.05) is 25.1 Å². The highest BCUT2D eigenvalue weighted by Crippen LogP contribution is 2.41. The Morgan fingerprint density at radius 3 is 2.65 bits per heavy atom. The van der Waals surface area contributed by atoms with Crippen LogP contribution < -0.4 is 24.8 Å². The molecule has 198 valence electrons. The molecule has 1 fully saturated rings. The maximum Gasteiger partial charge on any atom is 0.573 e. The predicted molar refractivity (Wildman–Crippen MR) is 134 cm³/mol. The van der Waals surface area contributed by atoms with E-state index < -0.39 is 18.4 Å². The summed E-state index contributed by atoms with van der Waals surface area (Å²) >= 11 is 0. The van der Waals surface area contributed by atoms with E-state index in [1.54, 1.807) is 13.2 Å². The van der Waals surface area contributed by atoms with Gasteiger partial charge in [0.05, 0.1) is 31.6 Å². The maximum absolute atomic E-state index is 13.2. The quantitative estimate of drug-likeness (QED) is 0.527. The van der Waals surface area contributed by atoms with Crippen LogP contribution in [0.2, 0.25) is 0 Å². The molecule has 1 atom stereocenters. The lowest BCUT2D eigenvalue weighted by Gasteiger charge is -2.27. The van der Waals surface area contributed by atoms with Crippen molar-refractivity contribution >= 4 is 17.3 Å². The molecular weight excluding hydrogens is 487 g/mol. The van der Waals surface area contributed by atoms with Crippen molar-refractivity contribution in [3.63, 3.8) is 0 Å². The number of amides is 1. The highest BCUT2D eigenvalue weighted by Gasteiger charge is 2.32. The van der Waals surface area contributed by atoms with Crippen LogP contribution in [0.1, 0.15) is 42.7 Å². The number of anilines is 2. The van der Waals surface area contributed by atoms with Crippen LogP contribution in [-0.4, -0.2) is 57.6 Å². The Morgan fingerprint density at radius 1 is 1.22 bits per heavy atom. The second kappa shape index (κ2) is 11.2. The van der Waals surface area contributed by atoms with Gasteiger partial charge in [-0.25, -0.2) is 0 Å². The van der Waals surface area contributed by atoms with Gasteiger partial charge >= 0.3 is 6.36 Å². The van der Waals surface area contributed by atoms with E-state index in [0.29, 0.717) is 35.2 Å². The number of ether oxygens (including phenoxy) is 3. The molecule has 2 N–H and O–H groups in total. The van der Waals surface area contributed by atoms with Crippen molar-refractivity contribution in [3.05, 3.63) is 41.5 Å². The number of hydrogen-bond donors (Lipinski definition) is 2. The Hall–Kier alpha value is -3.58. The molecule has 10 heteroatoms. The van der Waals surface area contributed by atoms with Gasteiger partial charge in [0.2, 0.25) is 0 Å². The Labute approximate surface area is 214 Å². The van der Waals surface area contributed by atoms with Crippen LogP contribution in [0.3, 0.4) is 0 Å². The molecule has 2 aromatic rings. The number of rotatable bonds is 6. The number of benzene rings is 2. The zero-order chi connectivity index (χ0) is 26.6. The predicted octanol–water partition coefficient (Wildman–Crippen LogP) is 4.98. The zero-order valence-electron chi connectivity index (χ0n) is 21.0. The van der Waals surface area contributed by atoms with Crippen molar-refractivity contribution in [2.75, 3.05) is 44.9 Å². The summed E-state index contributed by atoms with van der Waals surface area (Å²) in [5.74, 6) is 6.87. The molecule has 0 aromatic heterocycles. The molecule has 1 unspecified atom stereocenters. The van der Waals surface area contributed by atoms with Gasteiger partial charge in [-0.2, -0.15) is 0 Å². The number of methoxy groups -OCH3 is 1. The van der Waals surface area contributed by atoms with Crippen LogP contribution >= 0.6 is 0 Å². The van der Waals surface area contributed by atoms with Crippen LogP contribution in [0.5, 0.6) is 17.2 Å². The number of nitrogens with one attached hydrogen (secondary N) is 2. The van der Waals surface area contributed by atoms with E-state index in [-0.39, 0.29) is 18.0 Å². The zero-order valence-corrected chi connectivity index (χ0v) is 21.0. The number of carbonyl (C=O) groups is 1. The van der Waals surface area contributed by atoms with Crippen molar-refractivity contribution in [2.45, 2.75) is 44.1 Å². The third-order valence-electron chi connectivity index (χ3n) is 6.27. The largest absolute Gasteiger partial charge is 0.573 e. The Kier molecular flexibility index (Phi) is 8.03. The molecule has 0 saturated heterocycles. The lowest BCUT2D eigenvalue weighted by Crippen LogP contribution is -2.41. The molecule has 0 radical (unpaired) electrons. The summed E-state index contributed by atoms with van der Waals surface area (Å²) in [5.41, 5.74) is 2.60. The summed E-state index contributed by atoms with van der Waals surface area (Å²) in [6.45, 7) is 0.623. The first kappa shape index (κ1) is 26.5. The smallest absolute Gasteiger partial charge is 0.496 e. The summed E-state index contributed by atoms with van der Waals surface area (Å²) in [6, 6.07) is 7.46. The van der Waals surface area contributed by atoms with Gasteiger partial charge in [-0.05, 0) is 56.6 Å². The van der Waals surface area contributed by atoms with Crippen LogP contribution in [0, 0.1) is 11.8 Å². The highest BCUT2D eigenvalue weighted by molar-refractivity contribution is 5.97. The van der Waals surface area contributed by atoms with Crippen LogP contribution in [0.15, 0.2) is 30.3 Å². The molecule has 1 amide bonds. The first-order valence-electron chi connectivity index (χ1n) is 12.1. The molecular formula is C27H30F3N3O4. The molecule has 2 aromatic carbocycles. The highest BCUT2D eigenvalue weighted by atomic mass is 19.4. The van der Waals surface area contributed by atoms with Gasteiger partial charge in [-0.3, -0.25) is 9.69 Å². The van der Waals surface area contributed by atoms with Crippen molar-refractivity contribution < 1.29 is 32.2 Å². The van der Waals surface area contributed by atoms with Crippen LogP contribution in [0.4, 0.5) is 24.5 Å². The van der Waals surface area contributed by atoms with Crippen LogP contribution in [0.25, 0.3) is 0 Å². The molecule has 0 spiro atoms. The van der Waals surface area contributed by atoms with Gasteiger partial charge in [-0.15, -0.1) is 13.2 Å². The SMILES string of the molecule is COc1cc(NC(=O)C2CNc3cc(OC(F)(F)F)ccc3O2)c(C#CCN(C)C)cc1C1CCCC1. The number of carbonyl (C=O) groups excluding carboxylic acids is 1. The topological polar surface area (TPSA) is 72.1 Å². The fourth-order valence-electron chi connectivity index (χ4n) is 4.53. The fraction of sp³-hybridized carbons (Fsp3) is 0.444. The molecule has 4 rings (SSSR count). The van der Waals surface area contributed by atoms with E-state index in [2.05, 4.69) is 27.2 Å². The van der Waals surface area contributed by atoms with Crippen molar-refractivity contribution in [3.8, 4) is 29.1 Å². The van der Waals surface area contributed by atoms with E-state index in [1.165, 1.54) is 25.0 Å². The first-order chi connectivity index (χ1) is 17.6. The minimum atomic E-state index is -4.80. The van der Waals surface area contributed by atoms with E-state index in [4.69, 9.17) is 9.47 Å². The third kappa shape index (κ3) is 6.80. The summed E-state index contributed by atoms with van der Waals surface area (Å²) in [4.78, 5) is 15.1. The maximum atomic E-state index is 13.2. The molecule has 0 bridgehead atoms. The average molecular weight is 518 g/mol. The Morgan fingerprint density at radius 2 is 1.97 bits per heavy atom. The average Bonchev–Trinajstić information content (AvgIpc) is 3.38. The molecule has 1 aliphatic heterocycles. The van der Waals surface area contributed by atoms with E-state index in [0.717, 1.165) is 24.5 Å². The molecule has 1 heterocycles. The third-order valence-corrected chi connectivity index (χ3v) is 6.27. The molecule has 1 saturated carbocycles. The number of alkyl halides is 3. The van der Waals surface area contributed by atoms with Gasteiger partial charge in [0, 0.05) is 17.7 Å². The molecule has 2 aliphatic rings. The summed E-state index contributed by atoms with van der Waals surface area (Å²) in [6.07, 6.45) is -1.19. The van der Waals surface area contributed by atoms with Gasteiger partial charge in [0.1, 0.15) is 17.2 Å². The fourth-order valence-corrected chi connectivity index (χ4v) is 4.53. The minimum Gasteiger partial charge on any atom is -0.496 e. The number of halogens is 3. The van der Waals surface area contributed by atoms with E-state index >= 15 is 0 Å². The van der Waals surface area contributed by atoms with E-state index in [9.17, 15) is 18.0 Å². The van der Waals surface area contributed by atoms with Gasteiger partial charge in [0.15, 0.2) is 6.10 Å². The Bertz CT molecular complexity index is 1200. The Balaban J connectivity index is 1.55. The summed E-state index contributed by atoms with van der Waals surface area (Å²) in [5, 5.41) is 5.85. The summed E-state index contributed by atoms with van der Waals surface area (Å²) in [7, 11) is 5.47. The van der Waals surface area contributed by atoms with Crippen molar-refractivity contribution in [1.82, 2.24) is 4.90 Å². The van der Waals surface area contributed by atoms with Gasteiger partial charge in [0.25, 0.3) is 5.91 Å². The van der Waals surface area contributed by atoms with Crippen molar-refractivity contribution in [2.24, 2.45) is 0 Å². The van der Waals surface area contributed by atoms with Gasteiger partial charge in [-0.1, -0.05) is 24.7 Å². The van der Waals surface area contributed by atoms with Crippen LogP contribution in [-0.2, 0) is 4.79 Å². The number of nitrogens with zero attached hydrogens (tertiary/aromatic N) is 1. The second-order valence-corrected chi connectivity index (χ2v) is 9.34. The summed E-state index contributed by atoms with van der Waals surface area (Å²) < 4.78 is 52.9. The molecule has 1 aliphatic carbocycles.